The molecular formula is C17H23NO3. The van der Waals surface area contributed by atoms with Crippen LogP contribution in [0.5, 0.6) is 0 Å². The molecule has 1 amide bonds. The Bertz CT molecular complexity index is 470. The number of aliphatic hydroxyl groups excluding tert-OH is 1. The van der Waals surface area contributed by atoms with Crippen LogP contribution in [0.4, 0.5) is 4.79 Å². The van der Waals surface area contributed by atoms with Crippen molar-refractivity contribution < 1.29 is 14.6 Å². The SMILES string of the molecule is O=C(OCc1ccccc1)N1CC[C@@H]2CC[C@@H](CO)[C@@H]2C1. The lowest BCUT2D eigenvalue weighted by Gasteiger charge is -2.36. The zero-order valence-electron chi connectivity index (χ0n) is 12.3. The molecule has 4 heteroatoms. The number of nitrogens with zero attached hydrogens (tertiary/aromatic N) is 1. The molecule has 0 bridgehead atoms. The number of ether oxygens (including phenoxy) is 1. The fraction of sp³-hybridized carbons (Fsp3) is 0.588. The summed E-state index contributed by atoms with van der Waals surface area (Å²) in [6, 6.07) is 9.75. The van der Waals surface area contributed by atoms with Crippen molar-refractivity contribution in [2.75, 3.05) is 19.7 Å². The van der Waals surface area contributed by atoms with E-state index in [1.807, 2.05) is 35.2 Å². The molecule has 1 aromatic carbocycles. The second-order valence-corrected chi connectivity index (χ2v) is 6.22. The number of carbonyl (C=O) groups excluding carboxylic acids is 1. The summed E-state index contributed by atoms with van der Waals surface area (Å²) in [6.45, 7) is 2.10. The van der Waals surface area contributed by atoms with Crippen LogP contribution in [0.1, 0.15) is 24.8 Å². The molecule has 0 unspecified atom stereocenters. The van der Waals surface area contributed by atoms with Crippen molar-refractivity contribution >= 4 is 6.09 Å². The van der Waals surface area contributed by atoms with E-state index >= 15 is 0 Å². The molecule has 1 aromatic rings. The lowest BCUT2D eigenvalue weighted by atomic mass is 9.84. The minimum atomic E-state index is -0.221. The van der Waals surface area contributed by atoms with Gasteiger partial charge in [-0.3, -0.25) is 0 Å². The first-order valence-electron chi connectivity index (χ1n) is 7.84. The Morgan fingerprint density at radius 3 is 2.81 bits per heavy atom. The van der Waals surface area contributed by atoms with Crippen LogP contribution >= 0.6 is 0 Å². The Morgan fingerprint density at radius 1 is 1.24 bits per heavy atom. The maximum absolute atomic E-state index is 12.2. The zero-order valence-corrected chi connectivity index (χ0v) is 12.3. The van der Waals surface area contributed by atoms with Crippen molar-refractivity contribution in [3.05, 3.63) is 35.9 Å². The molecule has 4 nitrogen and oxygen atoms in total. The fourth-order valence-electron chi connectivity index (χ4n) is 3.77. The third-order valence-electron chi connectivity index (χ3n) is 5.02. The van der Waals surface area contributed by atoms with E-state index in [1.54, 1.807) is 0 Å². The average Bonchev–Trinajstić information content (AvgIpc) is 2.95. The van der Waals surface area contributed by atoms with Gasteiger partial charge in [-0.25, -0.2) is 4.79 Å². The van der Waals surface area contributed by atoms with Crippen molar-refractivity contribution in [1.82, 2.24) is 4.90 Å². The lowest BCUT2D eigenvalue weighted by Crippen LogP contribution is -2.44. The van der Waals surface area contributed by atoms with Gasteiger partial charge < -0.3 is 14.7 Å². The molecule has 2 aliphatic rings. The van der Waals surface area contributed by atoms with Crippen molar-refractivity contribution in [1.29, 1.82) is 0 Å². The number of fused-ring (bicyclic) bond motifs is 1. The maximum atomic E-state index is 12.2. The molecule has 1 N–H and O–H groups in total. The minimum absolute atomic E-state index is 0.221. The molecule has 3 rings (SSSR count). The highest BCUT2D eigenvalue weighted by molar-refractivity contribution is 5.67. The van der Waals surface area contributed by atoms with E-state index in [1.165, 1.54) is 6.42 Å². The van der Waals surface area contributed by atoms with Gasteiger partial charge in [0.1, 0.15) is 6.61 Å². The quantitative estimate of drug-likeness (QED) is 0.930. The molecule has 0 radical (unpaired) electrons. The number of hydrogen-bond donors (Lipinski definition) is 1. The number of aliphatic hydroxyl groups is 1. The maximum Gasteiger partial charge on any atom is 0.410 e. The van der Waals surface area contributed by atoms with E-state index in [0.717, 1.165) is 31.5 Å². The largest absolute Gasteiger partial charge is 0.445 e. The number of piperidine rings is 1. The Kier molecular flexibility index (Phi) is 4.44. The lowest BCUT2D eigenvalue weighted by molar-refractivity contribution is 0.0557. The van der Waals surface area contributed by atoms with Gasteiger partial charge in [-0.2, -0.15) is 0 Å². The van der Waals surface area contributed by atoms with E-state index in [-0.39, 0.29) is 12.7 Å². The summed E-state index contributed by atoms with van der Waals surface area (Å²) >= 11 is 0. The summed E-state index contributed by atoms with van der Waals surface area (Å²) in [5.74, 6) is 1.49. The van der Waals surface area contributed by atoms with E-state index in [4.69, 9.17) is 4.74 Å². The van der Waals surface area contributed by atoms with E-state index in [2.05, 4.69) is 0 Å². The predicted molar refractivity (Wildman–Crippen MR) is 79.6 cm³/mol. The van der Waals surface area contributed by atoms with Gasteiger partial charge in [0.15, 0.2) is 0 Å². The number of likely N-dealkylation sites (tertiary alicyclic amines) is 1. The zero-order chi connectivity index (χ0) is 14.7. The summed E-state index contributed by atoms with van der Waals surface area (Å²) in [5, 5.41) is 9.45. The van der Waals surface area contributed by atoms with Gasteiger partial charge in [-0.1, -0.05) is 30.3 Å². The molecular weight excluding hydrogens is 266 g/mol. The predicted octanol–water partition coefficient (Wildman–Crippen LogP) is 2.66. The van der Waals surface area contributed by atoms with Crippen LogP contribution in [-0.2, 0) is 11.3 Å². The van der Waals surface area contributed by atoms with Gasteiger partial charge in [0, 0.05) is 19.7 Å². The van der Waals surface area contributed by atoms with Crippen LogP contribution in [0.15, 0.2) is 30.3 Å². The molecule has 1 heterocycles. The van der Waals surface area contributed by atoms with Crippen molar-refractivity contribution in [2.24, 2.45) is 17.8 Å². The van der Waals surface area contributed by atoms with E-state index in [9.17, 15) is 9.90 Å². The first kappa shape index (κ1) is 14.4. The topological polar surface area (TPSA) is 49.8 Å². The molecule has 2 fully saturated rings. The second-order valence-electron chi connectivity index (χ2n) is 6.22. The van der Waals surface area contributed by atoms with Crippen molar-refractivity contribution in [3.8, 4) is 0 Å². The van der Waals surface area contributed by atoms with Crippen molar-refractivity contribution in [3.63, 3.8) is 0 Å². The molecule has 1 saturated heterocycles. The first-order valence-corrected chi connectivity index (χ1v) is 7.84. The van der Waals surface area contributed by atoms with Gasteiger partial charge in [-0.15, -0.1) is 0 Å². The minimum Gasteiger partial charge on any atom is -0.445 e. The number of benzene rings is 1. The molecule has 1 aliphatic heterocycles. The van der Waals surface area contributed by atoms with E-state index in [0.29, 0.717) is 24.4 Å². The normalized spacial score (nSPS) is 28.2. The Morgan fingerprint density at radius 2 is 2.05 bits per heavy atom. The molecule has 21 heavy (non-hydrogen) atoms. The third-order valence-corrected chi connectivity index (χ3v) is 5.02. The molecule has 1 aliphatic carbocycles. The standard InChI is InChI=1S/C17H23NO3/c19-11-15-7-6-14-8-9-18(10-16(14)15)17(20)21-12-13-4-2-1-3-5-13/h1-5,14-16,19H,6-12H2/t14-,15-,16+/m0/s1. The fourth-order valence-corrected chi connectivity index (χ4v) is 3.77. The highest BCUT2D eigenvalue weighted by atomic mass is 16.6. The van der Waals surface area contributed by atoms with Gasteiger partial charge in [-0.05, 0) is 42.6 Å². The number of hydrogen-bond acceptors (Lipinski definition) is 3. The summed E-state index contributed by atoms with van der Waals surface area (Å²) in [7, 11) is 0. The number of rotatable bonds is 3. The average molecular weight is 289 g/mol. The number of carbonyl (C=O) groups is 1. The summed E-state index contributed by atoms with van der Waals surface area (Å²) in [4.78, 5) is 14.0. The molecule has 3 atom stereocenters. The van der Waals surface area contributed by atoms with E-state index < -0.39 is 0 Å². The van der Waals surface area contributed by atoms with Crippen LogP contribution in [0.3, 0.4) is 0 Å². The van der Waals surface area contributed by atoms with Crippen LogP contribution in [0, 0.1) is 17.8 Å². The first-order chi connectivity index (χ1) is 10.3. The van der Waals surface area contributed by atoms with Crippen LogP contribution in [-0.4, -0.2) is 35.8 Å². The highest BCUT2D eigenvalue weighted by Crippen LogP contribution is 2.41. The molecule has 114 valence electrons. The van der Waals surface area contributed by atoms with Gasteiger partial charge >= 0.3 is 6.09 Å². The van der Waals surface area contributed by atoms with Crippen LogP contribution in [0.25, 0.3) is 0 Å². The Balaban J connectivity index is 1.53. The van der Waals surface area contributed by atoms with Gasteiger partial charge in [0.2, 0.25) is 0 Å². The Hall–Kier alpha value is -1.55. The third kappa shape index (κ3) is 3.21. The Labute approximate surface area is 125 Å². The van der Waals surface area contributed by atoms with Crippen LogP contribution < -0.4 is 0 Å². The summed E-state index contributed by atoms with van der Waals surface area (Å²) in [6.07, 6.45) is 3.12. The van der Waals surface area contributed by atoms with Crippen LogP contribution in [0.2, 0.25) is 0 Å². The molecule has 1 saturated carbocycles. The summed E-state index contributed by atoms with van der Waals surface area (Å²) < 4.78 is 5.41. The smallest absolute Gasteiger partial charge is 0.410 e. The second kappa shape index (κ2) is 6.48. The number of amides is 1. The summed E-state index contributed by atoms with van der Waals surface area (Å²) in [5.41, 5.74) is 1.01. The van der Waals surface area contributed by atoms with Gasteiger partial charge in [0.25, 0.3) is 0 Å². The monoisotopic (exact) mass is 289 g/mol. The highest BCUT2D eigenvalue weighted by Gasteiger charge is 2.40. The molecule has 0 aromatic heterocycles. The van der Waals surface area contributed by atoms with Gasteiger partial charge in [0.05, 0.1) is 0 Å². The molecule has 0 spiro atoms. The van der Waals surface area contributed by atoms with Crippen molar-refractivity contribution in [2.45, 2.75) is 25.9 Å².